The maximum absolute atomic E-state index is 14.0. The number of benzene rings is 1. The Morgan fingerprint density at radius 2 is 1.97 bits per heavy atom. The van der Waals surface area contributed by atoms with Gasteiger partial charge < -0.3 is 14.3 Å². The van der Waals surface area contributed by atoms with Crippen molar-refractivity contribution in [1.29, 1.82) is 0 Å². The molecule has 0 spiro atoms. The summed E-state index contributed by atoms with van der Waals surface area (Å²) in [4.78, 5) is 18.5. The number of nitrogens with zero attached hydrogens (tertiary/aromatic N) is 3. The van der Waals surface area contributed by atoms with Crippen molar-refractivity contribution in [3.63, 3.8) is 0 Å². The van der Waals surface area contributed by atoms with Gasteiger partial charge in [-0.1, -0.05) is 12.8 Å². The monoisotopic (exact) mass is 457 g/mol. The smallest absolute Gasteiger partial charge is 0.435 e. The van der Waals surface area contributed by atoms with Gasteiger partial charge in [0.15, 0.2) is 0 Å². The zero-order valence-electron chi connectivity index (χ0n) is 17.0. The number of ether oxygens (including phenoxy) is 2. The van der Waals surface area contributed by atoms with Crippen LogP contribution in [-0.2, 0) is 9.57 Å². The van der Waals surface area contributed by atoms with Crippen LogP contribution < -0.4 is 4.74 Å². The molecule has 32 heavy (non-hydrogen) atoms. The lowest BCUT2D eigenvalue weighted by Crippen LogP contribution is -2.68. The second-order valence-electron chi connectivity index (χ2n) is 8.57. The van der Waals surface area contributed by atoms with Crippen LogP contribution in [0.2, 0.25) is 0 Å². The number of hydrogen-bond acceptors (Lipinski definition) is 7. The first-order chi connectivity index (χ1) is 15.2. The van der Waals surface area contributed by atoms with Gasteiger partial charge in [0.25, 0.3) is 17.5 Å². The Hall–Kier alpha value is -2.60. The molecule has 12 heteroatoms. The highest BCUT2D eigenvalue weighted by Crippen LogP contribution is 2.54. The van der Waals surface area contributed by atoms with E-state index in [1.807, 2.05) is 4.90 Å². The summed E-state index contributed by atoms with van der Waals surface area (Å²) in [7, 11) is 0. The molecule has 4 aliphatic rings. The summed E-state index contributed by atoms with van der Waals surface area (Å²) in [6.07, 6.45) is -4.83. The Kier molecular flexibility index (Phi) is 4.97. The quantitative estimate of drug-likeness (QED) is 0.382. The maximum atomic E-state index is 14.0. The molecule has 0 aromatic heterocycles. The zero-order chi connectivity index (χ0) is 22.7. The Balaban J connectivity index is 1.71. The number of alkyl halides is 3. The van der Waals surface area contributed by atoms with Crippen LogP contribution in [0.3, 0.4) is 0 Å². The lowest BCUT2D eigenvalue weighted by molar-refractivity contribution is -0.788. The van der Waals surface area contributed by atoms with Gasteiger partial charge >= 0.3 is 6.18 Å². The minimum absolute atomic E-state index is 0.0259. The van der Waals surface area contributed by atoms with Gasteiger partial charge in [-0.05, 0) is 18.9 Å². The molecule has 1 aromatic carbocycles. The van der Waals surface area contributed by atoms with E-state index in [1.54, 1.807) is 0 Å². The van der Waals surface area contributed by atoms with Crippen LogP contribution in [-0.4, -0.2) is 64.7 Å². The molecular formula is C20H22F3N3O6. The summed E-state index contributed by atoms with van der Waals surface area (Å²) in [6.45, 7) is 1.81. The molecule has 4 atom stereocenters. The molecule has 3 aliphatic heterocycles. The highest BCUT2D eigenvalue weighted by atomic mass is 19.4. The van der Waals surface area contributed by atoms with Crippen LogP contribution in [0.1, 0.15) is 37.2 Å². The summed E-state index contributed by atoms with van der Waals surface area (Å²) in [5.41, 5.74) is -1.74. The normalized spacial score (nSPS) is 32.8. The predicted molar refractivity (Wildman–Crippen MR) is 103 cm³/mol. The van der Waals surface area contributed by atoms with E-state index in [0.29, 0.717) is 39.1 Å². The van der Waals surface area contributed by atoms with Crippen LogP contribution in [0.4, 0.5) is 18.9 Å². The average molecular weight is 457 g/mol. The van der Waals surface area contributed by atoms with Crippen LogP contribution >= 0.6 is 0 Å². The third kappa shape index (κ3) is 3.19. The van der Waals surface area contributed by atoms with Crippen molar-refractivity contribution in [1.82, 2.24) is 4.90 Å². The number of rotatable bonds is 2. The molecule has 9 nitrogen and oxygen atoms in total. The molecule has 0 amide bonds. The molecule has 2 fully saturated rings. The Morgan fingerprint density at radius 1 is 1.22 bits per heavy atom. The molecule has 5 rings (SSSR count). The van der Waals surface area contributed by atoms with E-state index in [1.165, 1.54) is 12.1 Å². The van der Waals surface area contributed by atoms with Crippen LogP contribution in [0.15, 0.2) is 18.2 Å². The van der Waals surface area contributed by atoms with Gasteiger partial charge in [0, 0.05) is 41.6 Å². The van der Waals surface area contributed by atoms with Crippen molar-refractivity contribution in [3.8, 4) is 5.75 Å². The second kappa shape index (κ2) is 7.48. The summed E-state index contributed by atoms with van der Waals surface area (Å²) in [5.74, 6) is -1.60. The van der Waals surface area contributed by atoms with Gasteiger partial charge in [-0.2, -0.15) is 13.2 Å². The summed E-state index contributed by atoms with van der Waals surface area (Å²) < 4.78 is 52.5. The molecular weight excluding hydrogens is 435 g/mol. The number of morpholine rings is 1. The molecule has 0 bridgehead atoms. The largest absolute Gasteiger partial charge is 0.469 e. The Morgan fingerprint density at radius 3 is 2.66 bits per heavy atom. The molecule has 1 aromatic rings. The van der Waals surface area contributed by atoms with E-state index in [-0.39, 0.29) is 21.9 Å². The van der Waals surface area contributed by atoms with Gasteiger partial charge in [0.1, 0.15) is 11.5 Å². The summed E-state index contributed by atoms with van der Waals surface area (Å²) in [6, 6.07) is 3.53. The fourth-order valence-corrected chi connectivity index (χ4v) is 5.66. The fraction of sp³-hybridized carbons (Fsp3) is 0.650. The Bertz CT molecular complexity index is 964. The van der Waals surface area contributed by atoms with Crippen LogP contribution in [0.25, 0.3) is 0 Å². The third-order valence-corrected chi connectivity index (χ3v) is 6.95. The van der Waals surface area contributed by atoms with Gasteiger partial charge in [0.2, 0.25) is 0 Å². The van der Waals surface area contributed by atoms with Crippen LogP contribution in [0, 0.1) is 21.2 Å². The minimum atomic E-state index is -4.85. The van der Waals surface area contributed by atoms with E-state index in [4.69, 9.17) is 14.3 Å². The Labute approximate surface area is 181 Å². The number of nitro benzene ring substituents is 1. The first kappa shape index (κ1) is 21.3. The van der Waals surface area contributed by atoms with Crippen molar-refractivity contribution in [2.45, 2.75) is 49.6 Å². The van der Waals surface area contributed by atoms with Crippen LogP contribution in [0.5, 0.6) is 5.75 Å². The van der Waals surface area contributed by atoms with Crippen molar-refractivity contribution in [3.05, 3.63) is 39.1 Å². The summed E-state index contributed by atoms with van der Waals surface area (Å²) in [5, 5.41) is 24.5. The molecule has 174 valence electrons. The molecule has 0 N–H and O–H groups in total. The first-order valence-electron chi connectivity index (χ1n) is 10.6. The molecule has 1 saturated carbocycles. The van der Waals surface area contributed by atoms with Gasteiger partial charge in [0.05, 0.1) is 24.1 Å². The van der Waals surface area contributed by atoms with Crippen molar-refractivity contribution in [2.75, 3.05) is 26.3 Å². The number of nitro groups is 1. The highest BCUT2D eigenvalue weighted by Gasteiger charge is 2.64. The van der Waals surface area contributed by atoms with Crippen molar-refractivity contribution >= 4 is 11.4 Å². The van der Waals surface area contributed by atoms with E-state index in [0.717, 1.165) is 18.9 Å². The SMILES string of the molecule is O=[N+]([O-])c1ccc2c(c1)[C@H]1C(=[N+]([O-])O[C@@]3(N4CCOCC4)CCCC[C@@H]13)[C@@H](C(F)(F)F)O2. The lowest BCUT2D eigenvalue weighted by atomic mass is 9.66. The van der Waals surface area contributed by atoms with Crippen molar-refractivity contribution in [2.24, 2.45) is 5.92 Å². The molecule has 1 saturated heterocycles. The van der Waals surface area contributed by atoms with Gasteiger partial charge in [-0.25, -0.2) is 0 Å². The molecule has 1 aliphatic carbocycles. The molecule has 0 unspecified atom stereocenters. The minimum Gasteiger partial charge on any atom is -0.469 e. The average Bonchev–Trinajstić information content (AvgIpc) is 2.77. The van der Waals surface area contributed by atoms with Gasteiger partial charge in [-0.3, -0.25) is 20.2 Å². The zero-order valence-corrected chi connectivity index (χ0v) is 17.0. The highest BCUT2D eigenvalue weighted by molar-refractivity contribution is 5.94. The first-order valence-corrected chi connectivity index (χ1v) is 10.6. The topological polar surface area (TPSA) is 100 Å². The fourth-order valence-electron chi connectivity index (χ4n) is 5.66. The summed E-state index contributed by atoms with van der Waals surface area (Å²) >= 11 is 0. The standard InChI is InChI=1S/C20H22F3N3O6/c21-20(22,23)18-17-16(13-11-12(25(27)28)4-5-15(13)31-18)14-3-1-2-6-19(14,32-26(17)29)24-7-9-30-10-8-24/h4-5,11,14,16,18H,1-3,6-10H2/t14-,16+,18-,19-/m0/s1. The van der Waals surface area contributed by atoms with E-state index >= 15 is 0 Å². The van der Waals surface area contributed by atoms with E-state index in [9.17, 15) is 28.5 Å². The van der Waals surface area contributed by atoms with E-state index in [2.05, 4.69) is 0 Å². The number of non-ortho nitro benzene ring substituents is 1. The second-order valence-corrected chi connectivity index (χ2v) is 8.57. The van der Waals surface area contributed by atoms with Crippen molar-refractivity contribution < 1.29 is 37.3 Å². The molecule has 0 radical (unpaired) electrons. The number of hydrogen-bond donors (Lipinski definition) is 0. The lowest BCUT2D eigenvalue weighted by Gasteiger charge is -2.57. The van der Waals surface area contributed by atoms with Gasteiger partial charge in [-0.15, -0.1) is 0 Å². The van der Waals surface area contributed by atoms with E-state index < -0.39 is 40.5 Å². The third-order valence-electron chi connectivity index (χ3n) is 6.95. The molecule has 3 heterocycles. The predicted octanol–water partition coefficient (Wildman–Crippen LogP) is 3.12. The number of halogens is 3. The maximum Gasteiger partial charge on any atom is 0.435 e. The number of fused-ring (bicyclic) bond motifs is 5.